The Morgan fingerprint density at radius 2 is 1.71 bits per heavy atom. The molecule has 24 heavy (non-hydrogen) atoms. The number of hydrogen-bond acceptors (Lipinski definition) is 5. The Labute approximate surface area is 141 Å². The number of hydrogen-bond donors (Lipinski definition) is 3. The van der Waals surface area contributed by atoms with E-state index in [0.29, 0.717) is 12.2 Å². The molecule has 0 aromatic heterocycles. The van der Waals surface area contributed by atoms with Crippen molar-refractivity contribution in [2.75, 3.05) is 6.54 Å². The van der Waals surface area contributed by atoms with E-state index in [0.717, 1.165) is 0 Å². The molecule has 1 rings (SSSR count). The quantitative estimate of drug-likeness (QED) is 0.475. The normalized spacial score (nSPS) is 13.0. The van der Waals surface area contributed by atoms with Crippen molar-refractivity contribution in [2.45, 2.75) is 39.3 Å². The van der Waals surface area contributed by atoms with Gasteiger partial charge in [-0.15, -0.1) is 0 Å². The van der Waals surface area contributed by atoms with Crippen molar-refractivity contribution in [3.8, 4) is 5.75 Å². The van der Waals surface area contributed by atoms with E-state index in [1.54, 1.807) is 30.3 Å². The number of para-hydroxylation sites is 1. The van der Waals surface area contributed by atoms with E-state index in [1.165, 1.54) is 6.92 Å². The molecule has 2 atom stereocenters. The number of nitrogens with two attached hydrogens (primary N) is 1. The summed E-state index contributed by atoms with van der Waals surface area (Å²) in [6.07, 6.45) is 0.442. The van der Waals surface area contributed by atoms with E-state index in [1.807, 2.05) is 13.8 Å². The summed E-state index contributed by atoms with van der Waals surface area (Å²) in [6, 6.07) is 7.11. The zero-order valence-electron chi connectivity index (χ0n) is 14.2. The van der Waals surface area contributed by atoms with Gasteiger partial charge in [0.1, 0.15) is 18.3 Å². The molecule has 0 aliphatic heterocycles. The van der Waals surface area contributed by atoms with E-state index in [-0.39, 0.29) is 12.5 Å². The van der Waals surface area contributed by atoms with Gasteiger partial charge in [-0.1, -0.05) is 32.0 Å². The molecule has 2 amide bonds. The predicted octanol–water partition coefficient (Wildman–Crippen LogP) is 0.586. The average molecular weight is 335 g/mol. The first-order chi connectivity index (χ1) is 11.3. The SMILES string of the molecule is CC(C)C[C@H](NC(=O)[C@H](C)N)C(=O)NCC(=O)Oc1ccccc1. The second-order valence-electron chi connectivity index (χ2n) is 5.98. The van der Waals surface area contributed by atoms with Crippen molar-refractivity contribution in [3.63, 3.8) is 0 Å². The number of benzene rings is 1. The molecule has 4 N–H and O–H groups in total. The van der Waals surface area contributed by atoms with Crippen molar-refractivity contribution < 1.29 is 19.1 Å². The zero-order chi connectivity index (χ0) is 18.1. The van der Waals surface area contributed by atoms with Crippen LogP contribution in [0.15, 0.2) is 30.3 Å². The van der Waals surface area contributed by atoms with Crippen LogP contribution in [0.2, 0.25) is 0 Å². The van der Waals surface area contributed by atoms with E-state index in [4.69, 9.17) is 10.5 Å². The fraction of sp³-hybridized carbons (Fsp3) is 0.471. The van der Waals surface area contributed by atoms with E-state index in [9.17, 15) is 14.4 Å². The molecule has 0 aliphatic carbocycles. The van der Waals surface area contributed by atoms with E-state index >= 15 is 0 Å². The van der Waals surface area contributed by atoms with Gasteiger partial charge >= 0.3 is 5.97 Å². The minimum atomic E-state index is -0.743. The summed E-state index contributed by atoms with van der Waals surface area (Å²) in [7, 11) is 0. The van der Waals surface area contributed by atoms with Gasteiger partial charge in [0, 0.05) is 0 Å². The minimum Gasteiger partial charge on any atom is -0.425 e. The molecule has 7 nitrogen and oxygen atoms in total. The first-order valence-corrected chi connectivity index (χ1v) is 7.89. The Morgan fingerprint density at radius 1 is 1.08 bits per heavy atom. The van der Waals surface area contributed by atoms with Crippen LogP contribution in [0.5, 0.6) is 5.75 Å². The van der Waals surface area contributed by atoms with E-state index in [2.05, 4.69) is 10.6 Å². The third kappa shape index (κ3) is 7.23. The minimum absolute atomic E-state index is 0.186. The standard InChI is InChI=1S/C17H25N3O4/c1-11(2)9-14(20-16(22)12(3)18)17(23)19-10-15(21)24-13-7-5-4-6-8-13/h4-8,11-12,14H,9-10,18H2,1-3H3,(H,19,23)(H,20,22)/t12-,14-/m0/s1. The third-order valence-corrected chi connectivity index (χ3v) is 3.14. The summed E-state index contributed by atoms with van der Waals surface area (Å²) in [6.45, 7) is 5.12. The van der Waals surface area contributed by atoms with Gasteiger partial charge in [0.2, 0.25) is 11.8 Å². The smallest absolute Gasteiger partial charge is 0.330 e. The molecule has 0 heterocycles. The summed E-state index contributed by atoms with van der Waals surface area (Å²) < 4.78 is 5.08. The average Bonchev–Trinajstić information content (AvgIpc) is 2.52. The Morgan fingerprint density at radius 3 is 2.25 bits per heavy atom. The van der Waals surface area contributed by atoms with Gasteiger partial charge in [-0.2, -0.15) is 0 Å². The molecule has 132 valence electrons. The molecule has 0 saturated heterocycles. The number of nitrogens with one attached hydrogen (secondary N) is 2. The Balaban J connectivity index is 2.54. The first kappa shape index (κ1) is 19.6. The Bertz CT molecular complexity index is 558. The maximum atomic E-state index is 12.2. The summed E-state index contributed by atoms with van der Waals surface area (Å²) in [5.74, 6) is -0.854. The highest BCUT2D eigenvalue weighted by Crippen LogP contribution is 2.08. The maximum Gasteiger partial charge on any atom is 0.330 e. The predicted molar refractivity (Wildman–Crippen MR) is 90.1 cm³/mol. The van der Waals surface area contributed by atoms with Crippen LogP contribution in [0.1, 0.15) is 27.2 Å². The van der Waals surface area contributed by atoms with Crippen molar-refractivity contribution in [1.29, 1.82) is 0 Å². The molecule has 7 heteroatoms. The van der Waals surface area contributed by atoms with Gasteiger partial charge in [-0.05, 0) is 31.4 Å². The number of ether oxygens (including phenoxy) is 1. The van der Waals surface area contributed by atoms with Crippen molar-refractivity contribution in [1.82, 2.24) is 10.6 Å². The summed E-state index contributed by atoms with van der Waals surface area (Å²) in [5.41, 5.74) is 5.51. The van der Waals surface area contributed by atoms with Crippen molar-refractivity contribution in [2.24, 2.45) is 11.7 Å². The van der Waals surface area contributed by atoms with Gasteiger partial charge in [0.25, 0.3) is 0 Å². The molecule has 1 aromatic rings. The molecule has 0 unspecified atom stereocenters. The van der Waals surface area contributed by atoms with Crippen LogP contribution in [-0.4, -0.2) is 36.4 Å². The molecule has 1 aromatic carbocycles. The molecular weight excluding hydrogens is 310 g/mol. The van der Waals surface area contributed by atoms with Crippen molar-refractivity contribution >= 4 is 17.8 Å². The summed E-state index contributed by atoms with van der Waals surface area (Å²) >= 11 is 0. The highest BCUT2D eigenvalue weighted by Gasteiger charge is 2.23. The zero-order valence-corrected chi connectivity index (χ0v) is 14.2. The summed E-state index contributed by atoms with van der Waals surface area (Å²) in [5, 5.41) is 5.08. The monoisotopic (exact) mass is 335 g/mol. The second kappa shape index (κ2) is 9.67. The second-order valence-corrected chi connectivity index (χ2v) is 5.98. The topological polar surface area (TPSA) is 111 Å². The van der Waals surface area contributed by atoms with Gasteiger partial charge in [-0.3, -0.25) is 9.59 Å². The number of esters is 1. The lowest BCUT2D eigenvalue weighted by Gasteiger charge is -2.21. The Kier molecular flexibility index (Phi) is 7.91. The highest BCUT2D eigenvalue weighted by molar-refractivity contribution is 5.91. The fourth-order valence-electron chi connectivity index (χ4n) is 1.94. The lowest BCUT2D eigenvalue weighted by molar-refractivity contribution is -0.136. The summed E-state index contributed by atoms with van der Waals surface area (Å²) in [4.78, 5) is 35.7. The molecule has 0 radical (unpaired) electrons. The number of amides is 2. The molecule has 0 bridgehead atoms. The lowest BCUT2D eigenvalue weighted by atomic mass is 10.0. The van der Waals surface area contributed by atoms with Crippen LogP contribution in [0.3, 0.4) is 0 Å². The van der Waals surface area contributed by atoms with Crippen LogP contribution in [0.4, 0.5) is 0 Å². The van der Waals surface area contributed by atoms with Crippen LogP contribution in [0, 0.1) is 5.92 Å². The fourth-order valence-corrected chi connectivity index (χ4v) is 1.94. The Hall–Kier alpha value is -2.41. The molecule has 0 aliphatic rings. The molecule has 0 fully saturated rings. The third-order valence-electron chi connectivity index (χ3n) is 3.14. The van der Waals surface area contributed by atoms with Crippen molar-refractivity contribution in [3.05, 3.63) is 30.3 Å². The van der Waals surface area contributed by atoms with E-state index < -0.39 is 29.9 Å². The largest absolute Gasteiger partial charge is 0.425 e. The van der Waals surface area contributed by atoms with Crippen LogP contribution in [0.25, 0.3) is 0 Å². The number of rotatable bonds is 8. The highest BCUT2D eigenvalue weighted by atomic mass is 16.5. The molecule has 0 saturated carbocycles. The molecular formula is C17H25N3O4. The van der Waals surface area contributed by atoms with Gasteiger partial charge in [0.15, 0.2) is 0 Å². The number of carbonyl (C=O) groups is 3. The van der Waals surface area contributed by atoms with Gasteiger partial charge < -0.3 is 21.1 Å². The number of carbonyl (C=O) groups excluding carboxylic acids is 3. The molecule has 0 spiro atoms. The van der Waals surface area contributed by atoms with Crippen LogP contribution in [-0.2, 0) is 14.4 Å². The van der Waals surface area contributed by atoms with Gasteiger partial charge in [0.05, 0.1) is 6.04 Å². The van der Waals surface area contributed by atoms with Gasteiger partial charge in [-0.25, -0.2) is 4.79 Å². The van der Waals surface area contributed by atoms with Crippen LogP contribution < -0.4 is 21.1 Å². The van der Waals surface area contributed by atoms with Crippen LogP contribution >= 0.6 is 0 Å². The maximum absolute atomic E-state index is 12.2. The lowest BCUT2D eigenvalue weighted by Crippen LogP contribution is -2.52. The first-order valence-electron chi connectivity index (χ1n) is 7.89.